The van der Waals surface area contributed by atoms with Crippen molar-refractivity contribution in [3.05, 3.63) is 29.8 Å². The van der Waals surface area contributed by atoms with Gasteiger partial charge in [0, 0.05) is 24.1 Å². The van der Waals surface area contributed by atoms with Gasteiger partial charge in [0.25, 0.3) is 5.91 Å². The van der Waals surface area contributed by atoms with Crippen LogP contribution in [-0.4, -0.2) is 30.0 Å². The zero-order chi connectivity index (χ0) is 19.4. The fourth-order valence-corrected chi connectivity index (χ4v) is 4.62. The van der Waals surface area contributed by atoms with Crippen molar-refractivity contribution in [1.82, 2.24) is 10.6 Å². The van der Waals surface area contributed by atoms with Gasteiger partial charge < -0.3 is 15.4 Å². The van der Waals surface area contributed by atoms with Crippen LogP contribution in [-0.2, 0) is 4.79 Å². The molecular formula is C22H32N2O3. The Morgan fingerprint density at radius 2 is 2.00 bits per heavy atom. The summed E-state index contributed by atoms with van der Waals surface area (Å²) < 4.78 is 5.63. The quantitative estimate of drug-likeness (QED) is 0.800. The lowest BCUT2D eigenvalue weighted by molar-refractivity contribution is -0.127. The third-order valence-corrected chi connectivity index (χ3v) is 5.79. The van der Waals surface area contributed by atoms with Crippen molar-refractivity contribution in [3.8, 4) is 5.75 Å². The summed E-state index contributed by atoms with van der Waals surface area (Å²) in [6.07, 6.45) is 5.91. The molecule has 5 nitrogen and oxygen atoms in total. The van der Waals surface area contributed by atoms with Crippen LogP contribution in [0.2, 0.25) is 0 Å². The molecule has 0 aromatic heterocycles. The van der Waals surface area contributed by atoms with Crippen LogP contribution in [0.15, 0.2) is 24.3 Å². The molecule has 0 radical (unpaired) electrons. The van der Waals surface area contributed by atoms with E-state index in [9.17, 15) is 9.59 Å². The maximum absolute atomic E-state index is 12.6. The van der Waals surface area contributed by atoms with E-state index in [1.807, 2.05) is 26.0 Å². The molecule has 4 atom stereocenters. The third-order valence-electron chi connectivity index (χ3n) is 5.79. The fourth-order valence-electron chi connectivity index (χ4n) is 4.62. The number of nitrogens with one attached hydrogen (secondary N) is 2. The molecule has 1 heterocycles. The number of hydrogen-bond acceptors (Lipinski definition) is 3. The molecule has 3 rings (SSSR count). The van der Waals surface area contributed by atoms with Crippen LogP contribution in [0.5, 0.6) is 5.75 Å². The van der Waals surface area contributed by atoms with Crippen molar-refractivity contribution >= 4 is 11.8 Å². The Labute approximate surface area is 162 Å². The van der Waals surface area contributed by atoms with Crippen molar-refractivity contribution in [2.75, 3.05) is 0 Å². The molecule has 2 amide bonds. The first-order valence-corrected chi connectivity index (χ1v) is 10.3. The Bertz CT molecular complexity index is 656. The van der Waals surface area contributed by atoms with Crippen LogP contribution >= 0.6 is 0 Å². The van der Waals surface area contributed by atoms with Crippen LogP contribution in [0, 0.1) is 11.8 Å². The molecule has 1 aliphatic heterocycles. The van der Waals surface area contributed by atoms with Gasteiger partial charge in [0.1, 0.15) is 5.75 Å². The van der Waals surface area contributed by atoms with E-state index in [0.29, 0.717) is 23.8 Å². The topological polar surface area (TPSA) is 67.4 Å². The van der Waals surface area contributed by atoms with E-state index in [1.54, 1.807) is 12.1 Å². The molecule has 148 valence electrons. The van der Waals surface area contributed by atoms with E-state index < -0.39 is 0 Å². The first kappa shape index (κ1) is 19.7. The molecule has 1 saturated carbocycles. The number of fused-ring (bicyclic) bond motifs is 1. The minimum absolute atomic E-state index is 0.0539. The molecule has 1 saturated heterocycles. The van der Waals surface area contributed by atoms with Crippen LogP contribution in [0.4, 0.5) is 0 Å². The number of ether oxygens (including phenoxy) is 1. The second kappa shape index (κ2) is 8.77. The summed E-state index contributed by atoms with van der Waals surface area (Å²) in [5.41, 5.74) is 0.643. The van der Waals surface area contributed by atoms with E-state index in [1.165, 1.54) is 0 Å². The van der Waals surface area contributed by atoms with Crippen molar-refractivity contribution in [3.63, 3.8) is 0 Å². The summed E-state index contributed by atoms with van der Waals surface area (Å²) >= 11 is 0. The molecule has 2 N–H and O–H groups in total. The Hall–Kier alpha value is -2.04. The van der Waals surface area contributed by atoms with Gasteiger partial charge in [0.05, 0.1) is 6.10 Å². The first-order chi connectivity index (χ1) is 13.0. The predicted molar refractivity (Wildman–Crippen MR) is 106 cm³/mol. The molecule has 1 aromatic carbocycles. The monoisotopic (exact) mass is 372 g/mol. The van der Waals surface area contributed by atoms with Crippen LogP contribution < -0.4 is 15.4 Å². The van der Waals surface area contributed by atoms with Crippen molar-refractivity contribution in [2.24, 2.45) is 11.8 Å². The number of rotatable bonds is 6. The van der Waals surface area contributed by atoms with E-state index in [0.717, 1.165) is 37.9 Å². The van der Waals surface area contributed by atoms with Crippen LogP contribution in [0.3, 0.4) is 0 Å². The molecule has 27 heavy (non-hydrogen) atoms. The minimum atomic E-state index is -0.0539. The minimum Gasteiger partial charge on any atom is -0.491 e. The smallest absolute Gasteiger partial charge is 0.251 e. The van der Waals surface area contributed by atoms with Gasteiger partial charge in [-0.15, -0.1) is 0 Å². The Morgan fingerprint density at radius 1 is 1.26 bits per heavy atom. The highest BCUT2D eigenvalue weighted by molar-refractivity contribution is 5.94. The van der Waals surface area contributed by atoms with Crippen LogP contribution in [0.1, 0.15) is 69.7 Å². The van der Waals surface area contributed by atoms with Gasteiger partial charge >= 0.3 is 0 Å². The largest absolute Gasteiger partial charge is 0.491 e. The van der Waals surface area contributed by atoms with Crippen molar-refractivity contribution < 1.29 is 14.3 Å². The lowest BCUT2D eigenvalue weighted by Crippen LogP contribution is -2.55. The number of carbonyl (C=O) groups is 2. The Kier molecular flexibility index (Phi) is 6.40. The Morgan fingerprint density at radius 3 is 2.67 bits per heavy atom. The highest BCUT2D eigenvalue weighted by atomic mass is 16.5. The molecule has 0 spiro atoms. The number of piperidine rings is 1. The summed E-state index contributed by atoms with van der Waals surface area (Å²) in [6, 6.07) is 7.59. The second-order valence-electron chi connectivity index (χ2n) is 8.27. The molecule has 1 aromatic rings. The lowest BCUT2D eigenvalue weighted by Gasteiger charge is -2.44. The lowest BCUT2D eigenvalue weighted by atomic mass is 9.70. The summed E-state index contributed by atoms with van der Waals surface area (Å²) in [7, 11) is 0. The van der Waals surface area contributed by atoms with Gasteiger partial charge in [-0.05, 0) is 75.6 Å². The van der Waals surface area contributed by atoms with E-state index in [4.69, 9.17) is 4.74 Å². The van der Waals surface area contributed by atoms with E-state index in [2.05, 4.69) is 17.6 Å². The summed E-state index contributed by atoms with van der Waals surface area (Å²) in [5.74, 6) is 1.94. The van der Waals surface area contributed by atoms with Gasteiger partial charge in [-0.1, -0.05) is 13.3 Å². The van der Waals surface area contributed by atoms with E-state index in [-0.39, 0.29) is 30.0 Å². The summed E-state index contributed by atoms with van der Waals surface area (Å²) in [5, 5.41) is 6.33. The molecule has 5 heteroatoms. The maximum Gasteiger partial charge on any atom is 0.251 e. The predicted octanol–water partition coefficient (Wildman–Crippen LogP) is 3.68. The van der Waals surface area contributed by atoms with Gasteiger partial charge in [-0.25, -0.2) is 0 Å². The fraction of sp³-hybridized carbons (Fsp3) is 0.636. The molecule has 2 aliphatic rings. The normalized spacial score (nSPS) is 27.6. The summed E-state index contributed by atoms with van der Waals surface area (Å²) in [6.45, 7) is 6.14. The average Bonchev–Trinajstić information content (AvgIpc) is 2.61. The van der Waals surface area contributed by atoms with Crippen molar-refractivity contribution in [2.45, 2.75) is 77.5 Å². The molecule has 2 fully saturated rings. The molecule has 0 bridgehead atoms. The second-order valence-corrected chi connectivity index (χ2v) is 8.27. The van der Waals surface area contributed by atoms with Gasteiger partial charge in [-0.2, -0.15) is 0 Å². The number of carbonyl (C=O) groups excluding carboxylic acids is 2. The highest BCUT2D eigenvalue weighted by Crippen LogP contribution is 2.37. The molecular weight excluding hydrogens is 340 g/mol. The highest BCUT2D eigenvalue weighted by Gasteiger charge is 2.40. The first-order valence-electron chi connectivity index (χ1n) is 10.3. The number of benzene rings is 1. The van der Waals surface area contributed by atoms with Gasteiger partial charge in [0.2, 0.25) is 5.91 Å². The van der Waals surface area contributed by atoms with E-state index >= 15 is 0 Å². The standard InChI is InChI=1S/C22H32N2O3/c1-4-5-16-12-21(25)24-20-13-17(8-11-19(16)20)23-22(26)15-6-9-18(10-7-15)27-14(2)3/h6-7,9-10,14,16-17,19-20H,4-5,8,11-13H2,1-3H3,(H,23,26)(H,24,25). The molecule has 1 aliphatic carbocycles. The SMILES string of the molecule is CCCC1CC(=O)NC2CC(NC(=O)c3ccc(OC(C)C)cc3)CCC12. The van der Waals surface area contributed by atoms with Gasteiger partial charge in [0.15, 0.2) is 0 Å². The Balaban J connectivity index is 1.57. The van der Waals surface area contributed by atoms with Crippen molar-refractivity contribution in [1.29, 1.82) is 0 Å². The zero-order valence-electron chi connectivity index (χ0n) is 16.7. The third kappa shape index (κ3) is 5.02. The molecule has 4 unspecified atom stereocenters. The zero-order valence-corrected chi connectivity index (χ0v) is 16.7. The van der Waals surface area contributed by atoms with Gasteiger partial charge in [-0.3, -0.25) is 9.59 Å². The number of amides is 2. The van der Waals surface area contributed by atoms with Crippen LogP contribution in [0.25, 0.3) is 0 Å². The number of hydrogen-bond donors (Lipinski definition) is 2. The maximum atomic E-state index is 12.6. The average molecular weight is 373 g/mol. The summed E-state index contributed by atoms with van der Waals surface area (Å²) in [4.78, 5) is 24.6.